The van der Waals surface area contributed by atoms with Crippen LogP contribution in [0.5, 0.6) is 0 Å². The number of aryl methyl sites for hydroxylation is 2. The van der Waals surface area contributed by atoms with Crippen molar-refractivity contribution in [1.29, 1.82) is 0 Å². The summed E-state index contributed by atoms with van der Waals surface area (Å²) in [6, 6.07) is 32.7. The monoisotopic (exact) mass is 1210 g/mol. The fourth-order valence-electron chi connectivity index (χ4n) is 22.6. The molecule has 0 N–H and O–H groups in total. The number of hydrogen-bond acceptors (Lipinski definition) is 5. The molecule has 6 unspecified atom stereocenters. The predicted molar refractivity (Wildman–Crippen MR) is 384 cm³/mol. The Hall–Kier alpha value is -5.72. The van der Waals surface area contributed by atoms with Crippen molar-refractivity contribution in [3.05, 3.63) is 145 Å². The Morgan fingerprint density at radius 2 is 1.06 bits per heavy atom. The molecule has 2 aromatic heterocycles. The Morgan fingerprint density at radius 1 is 0.478 bits per heavy atom. The molecule has 0 spiro atoms. The van der Waals surface area contributed by atoms with Gasteiger partial charge in [0.1, 0.15) is 5.58 Å². The zero-order valence-electron chi connectivity index (χ0n) is 58.5. The van der Waals surface area contributed by atoms with Crippen molar-refractivity contribution in [2.75, 3.05) is 14.7 Å². The van der Waals surface area contributed by atoms with Crippen molar-refractivity contribution in [3.63, 3.8) is 0 Å². The zero-order chi connectivity index (χ0) is 63.2. The molecule has 4 nitrogen and oxygen atoms in total. The second-order valence-electron chi connectivity index (χ2n) is 37.1. The van der Waals surface area contributed by atoms with Crippen LogP contribution in [0.25, 0.3) is 21.1 Å². The van der Waals surface area contributed by atoms with Crippen LogP contribution in [0, 0.1) is 19.3 Å². The molecule has 464 valence electrons. The van der Waals surface area contributed by atoms with Gasteiger partial charge in [0.2, 0.25) is 5.88 Å². The van der Waals surface area contributed by atoms with Gasteiger partial charge >= 0.3 is 0 Å². The maximum Gasteiger partial charge on any atom is 0.259 e. The summed E-state index contributed by atoms with van der Waals surface area (Å²) >= 11 is 2.09. The Morgan fingerprint density at radius 3 is 1.73 bits per heavy atom. The average Bonchev–Trinajstić information content (AvgIpc) is 1.38. The Balaban J connectivity index is 1.07. The van der Waals surface area contributed by atoms with Gasteiger partial charge in [-0.05, 0) is 271 Å². The molecule has 1 fully saturated rings. The second-order valence-corrected chi connectivity index (χ2v) is 38.1. The number of rotatable bonds is 1. The van der Waals surface area contributed by atoms with E-state index in [4.69, 9.17) is 4.42 Å². The summed E-state index contributed by atoms with van der Waals surface area (Å²) in [5.74, 6) is 1.33. The smallest absolute Gasteiger partial charge is 0.259 e. The van der Waals surface area contributed by atoms with Crippen molar-refractivity contribution in [3.8, 4) is 0 Å². The van der Waals surface area contributed by atoms with Gasteiger partial charge in [-0.2, -0.15) is 0 Å². The van der Waals surface area contributed by atoms with Crippen molar-refractivity contribution < 1.29 is 4.42 Å². The highest BCUT2D eigenvalue weighted by Gasteiger charge is 2.62. The molecule has 8 aromatic rings. The lowest BCUT2D eigenvalue weighted by Gasteiger charge is -2.60. The van der Waals surface area contributed by atoms with Crippen LogP contribution in [0.4, 0.5) is 45.0 Å². The first-order valence-electron chi connectivity index (χ1n) is 35.3. The van der Waals surface area contributed by atoms with E-state index in [0.29, 0.717) is 5.92 Å². The first kappa shape index (κ1) is 57.0. The predicted octanol–water partition coefficient (Wildman–Crippen LogP) is 21.6. The number of benzene rings is 6. The minimum atomic E-state index is -0.259. The van der Waals surface area contributed by atoms with Gasteiger partial charge in [-0.1, -0.05) is 156 Å². The Labute approximate surface area is 543 Å². The largest absolute Gasteiger partial charge is 0.440 e. The lowest BCUT2D eigenvalue weighted by molar-refractivity contribution is 0.0439. The molecular weight excluding hydrogens is 1110 g/mol. The van der Waals surface area contributed by atoms with Gasteiger partial charge < -0.3 is 14.2 Å². The van der Waals surface area contributed by atoms with E-state index in [1.807, 2.05) is 0 Å². The molecule has 10 aliphatic rings. The minimum Gasteiger partial charge on any atom is -0.440 e. The van der Waals surface area contributed by atoms with E-state index in [1.54, 1.807) is 16.7 Å². The highest BCUT2D eigenvalue weighted by atomic mass is 32.1. The molecule has 5 aliphatic heterocycles. The summed E-state index contributed by atoms with van der Waals surface area (Å²) in [4.78, 5) is 8.59. The molecule has 90 heavy (non-hydrogen) atoms. The first-order valence-corrected chi connectivity index (χ1v) is 36.1. The SMILES string of the molecule is Cc1cc2c3cc1N1c4cc(cc5c4B4c6c1oc1cc7c(cc61)C(C)C(C)(CC7(C)C)C1(C)CCC(C)(C)c6cc7sc(c4c7cc61)N5c1cc4c(cc1C)C(C)(C)CCC4(C)C)N1c4cc(c(C(C)(C)C)cc4C4(C)CCCCC14C)C3(C)CCC2(C)C. The maximum absolute atomic E-state index is 8.13. The van der Waals surface area contributed by atoms with E-state index in [0.717, 1.165) is 37.2 Å². The van der Waals surface area contributed by atoms with Gasteiger partial charge in [-0.3, -0.25) is 4.90 Å². The number of nitrogens with zero attached hydrogens (tertiary/aromatic N) is 3. The first-order chi connectivity index (χ1) is 42.0. The molecule has 5 aliphatic carbocycles. The summed E-state index contributed by atoms with van der Waals surface area (Å²) in [7, 11) is 0. The quantitative estimate of drug-likeness (QED) is 0.153. The molecule has 6 heteroatoms. The van der Waals surface area contributed by atoms with Crippen molar-refractivity contribution >= 4 is 101 Å². The number of hydrogen-bond donors (Lipinski definition) is 0. The zero-order valence-corrected chi connectivity index (χ0v) is 59.3. The highest BCUT2D eigenvalue weighted by Crippen LogP contribution is 2.69. The number of furan rings is 1. The fraction of sp³-hybridized carbons (Fsp3) is 0.524. The van der Waals surface area contributed by atoms with Crippen LogP contribution in [-0.4, -0.2) is 12.3 Å². The third-order valence-corrected chi connectivity index (χ3v) is 30.0. The lowest BCUT2D eigenvalue weighted by Crippen LogP contribution is -2.61. The summed E-state index contributed by atoms with van der Waals surface area (Å²) in [5, 5.41) is 4.13. The van der Waals surface area contributed by atoms with Crippen LogP contribution in [0.3, 0.4) is 0 Å². The minimum absolute atomic E-state index is 0.00763. The van der Waals surface area contributed by atoms with Gasteiger partial charge in [0.25, 0.3) is 6.71 Å². The molecule has 7 heterocycles. The van der Waals surface area contributed by atoms with Crippen LogP contribution >= 0.6 is 11.3 Å². The Kier molecular flexibility index (Phi) is 10.5. The maximum atomic E-state index is 8.13. The number of fused-ring (bicyclic) bond motifs is 13. The Bertz CT molecular complexity index is 4660. The van der Waals surface area contributed by atoms with Crippen molar-refractivity contribution in [1.82, 2.24) is 0 Å². The van der Waals surface area contributed by atoms with Crippen LogP contribution in [0.15, 0.2) is 77.2 Å². The normalized spacial score (nSPS) is 29.8. The van der Waals surface area contributed by atoms with Gasteiger partial charge in [-0.25, -0.2) is 0 Å². The van der Waals surface area contributed by atoms with E-state index in [-0.39, 0.29) is 66.4 Å². The molecule has 0 saturated heterocycles. The summed E-state index contributed by atoms with van der Waals surface area (Å²) in [5.41, 5.74) is 32.0. The summed E-state index contributed by atoms with van der Waals surface area (Å²) in [6.07, 6.45) is 12.8. The fourth-order valence-corrected chi connectivity index (χ4v) is 23.9. The summed E-state index contributed by atoms with van der Waals surface area (Å²) in [6.45, 7) is 53.8. The molecule has 0 radical (unpaired) electrons. The van der Waals surface area contributed by atoms with Gasteiger partial charge in [-0.15, -0.1) is 11.3 Å². The topological polar surface area (TPSA) is 22.9 Å². The van der Waals surface area contributed by atoms with Gasteiger partial charge in [0.15, 0.2) is 0 Å². The lowest BCUT2D eigenvalue weighted by atomic mass is 9.33. The third-order valence-electron chi connectivity index (χ3n) is 28.9. The van der Waals surface area contributed by atoms with E-state index in [1.165, 1.54) is 172 Å². The van der Waals surface area contributed by atoms with Gasteiger partial charge in [0.05, 0.1) is 21.9 Å². The van der Waals surface area contributed by atoms with Crippen LogP contribution in [-0.2, 0) is 48.7 Å². The van der Waals surface area contributed by atoms with E-state index >= 15 is 0 Å². The molecule has 18 rings (SSSR count). The van der Waals surface area contributed by atoms with Crippen LogP contribution in [0.2, 0.25) is 0 Å². The molecule has 0 amide bonds. The molecule has 11 bridgehead atoms. The molecular formula is C84H98BN3OS. The number of thiophene rings is 1. The van der Waals surface area contributed by atoms with E-state index < -0.39 is 0 Å². The number of anilines is 8. The standard InChI is InChI=1S/C84H98BN3OS/c1-45-33-55-59-40-62(45)86-65-34-48(88-64-41-58(80(59,17)30-28-77(55,11)12)53(74(4,5)6)38-61(64)82(19)24-22-23-25-84(82,88)21)35-66-71(65)85-69-50-36-49-47(3)83(20,44-79(15,16)52(49)42-67(50)89-72(69)86)81(18)31-29-78(13,14)57-43-68-51(37-60(57)81)70(85)73(90-68)87(66)63-39-56-54(32-46(63)2)75(7,8)26-27-76(56,9)10/h32-43,47H,22-31,44H2,1-21H3. The van der Waals surface area contributed by atoms with E-state index in [9.17, 15) is 0 Å². The molecule has 1 saturated carbocycles. The van der Waals surface area contributed by atoms with Crippen molar-refractivity contribution in [2.24, 2.45) is 5.41 Å². The van der Waals surface area contributed by atoms with Gasteiger partial charge in [0, 0.05) is 49.1 Å². The molecule has 6 atom stereocenters. The van der Waals surface area contributed by atoms with Crippen LogP contribution in [0.1, 0.15) is 280 Å². The summed E-state index contributed by atoms with van der Waals surface area (Å²) < 4.78 is 9.55. The average molecular weight is 1210 g/mol. The molecule has 6 aromatic carbocycles. The third kappa shape index (κ3) is 6.54. The van der Waals surface area contributed by atoms with Crippen molar-refractivity contribution in [2.45, 2.75) is 276 Å². The van der Waals surface area contributed by atoms with Crippen LogP contribution < -0.4 is 31.1 Å². The highest BCUT2D eigenvalue weighted by molar-refractivity contribution is 7.26. The second kappa shape index (κ2) is 16.6. The van der Waals surface area contributed by atoms with E-state index in [2.05, 4.69) is 244 Å².